The molecule has 26 heavy (non-hydrogen) atoms. The molecule has 0 aliphatic rings. The molecule has 0 N–H and O–H groups in total. The smallest absolute Gasteiger partial charge is 0.329 e. The summed E-state index contributed by atoms with van der Waals surface area (Å²) in [6.07, 6.45) is 0.321. The fraction of sp³-hybridized carbons (Fsp3) is 0.400. The molecule has 0 aromatic heterocycles. The molecule has 0 bridgehead atoms. The molecule has 0 radical (unpaired) electrons. The summed E-state index contributed by atoms with van der Waals surface area (Å²) in [4.78, 5) is 26.9. The lowest BCUT2D eigenvalue weighted by Gasteiger charge is -2.32. The van der Waals surface area contributed by atoms with E-state index in [9.17, 15) is 9.59 Å². The normalized spacial score (nSPS) is 12.0. The Morgan fingerprint density at radius 3 is 2.42 bits per heavy atom. The second-order valence-electron chi connectivity index (χ2n) is 5.97. The van der Waals surface area contributed by atoms with Gasteiger partial charge in [-0.05, 0) is 17.9 Å². The third-order valence-corrected chi connectivity index (χ3v) is 4.26. The maximum Gasteiger partial charge on any atom is 0.329 e. The minimum atomic E-state index is -0.799. The number of hydrogen-bond donors (Lipinski definition) is 0. The van der Waals surface area contributed by atoms with Gasteiger partial charge in [0.15, 0.2) is 0 Å². The van der Waals surface area contributed by atoms with Crippen LogP contribution in [-0.2, 0) is 23.8 Å². The lowest BCUT2D eigenvalue weighted by Crippen LogP contribution is -2.48. The van der Waals surface area contributed by atoms with E-state index in [2.05, 4.69) is 0 Å². The molecule has 0 saturated carbocycles. The fourth-order valence-corrected chi connectivity index (χ4v) is 3.05. The van der Waals surface area contributed by atoms with Crippen LogP contribution in [0.1, 0.15) is 12.0 Å². The van der Waals surface area contributed by atoms with Crippen LogP contribution >= 0.6 is 0 Å². The summed E-state index contributed by atoms with van der Waals surface area (Å²) in [6, 6.07) is 10.9. The van der Waals surface area contributed by atoms with Gasteiger partial charge in [-0.15, -0.1) is 0 Å². The average Bonchev–Trinajstić information content (AvgIpc) is 2.65. The summed E-state index contributed by atoms with van der Waals surface area (Å²) >= 11 is 0. The van der Waals surface area contributed by atoms with E-state index in [0.29, 0.717) is 18.7 Å². The number of methoxy groups -OCH3 is 3. The van der Waals surface area contributed by atoms with Gasteiger partial charge in [-0.2, -0.15) is 0 Å². The van der Waals surface area contributed by atoms with Gasteiger partial charge in [0.1, 0.15) is 12.6 Å². The fourth-order valence-electron chi connectivity index (χ4n) is 3.05. The largest absolute Gasteiger partial charge is 0.467 e. The molecule has 1 unspecified atom stereocenters. The van der Waals surface area contributed by atoms with Crippen LogP contribution in [0.3, 0.4) is 0 Å². The van der Waals surface area contributed by atoms with Crippen LogP contribution in [0, 0.1) is 6.92 Å². The molecule has 0 aliphatic heterocycles. The molecule has 1 atom stereocenters. The molecule has 140 valence electrons. The number of amides is 1. The Bertz CT molecular complexity index is 774. The van der Waals surface area contributed by atoms with Crippen molar-refractivity contribution in [2.75, 3.05) is 39.4 Å². The topological polar surface area (TPSA) is 65.1 Å². The van der Waals surface area contributed by atoms with Crippen molar-refractivity contribution in [3.05, 3.63) is 42.0 Å². The van der Waals surface area contributed by atoms with Crippen LogP contribution in [0.15, 0.2) is 36.4 Å². The number of fused-ring (bicyclic) bond motifs is 1. The number of ether oxygens (including phenoxy) is 3. The lowest BCUT2D eigenvalue weighted by molar-refractivity contribution is -0.144. The van der Waals surface area contributed by atoms with E-state index in [1.165, 1.54) is 19.1 Å². The first-order valence-electron chi connectivity index (χ1n) is 8.41. The molecule has 2 aromatic carbocycles. The predicted octanol–water partition coefficient (Wildman–Crippen LogP) is 2.71. The highest BCUT2D eigenvalue weighted by molar-refractivity contribution is 6.08. The molecule has 0 aliphatic carbocycles. The van der Waals surface area contributed by atoms with Crippen LogP contribution in [0.25, 0.3) is 10.8 Å². The van der Waals surface area contributed by atoms with E-state index in [4.69, 9.17) is 14.2 Å². The van der Waals surface area contributed by atoms with Crippen molar-refractivity contribution in [1.82, 2.24) is 0 Å². The maximum atomic E-state index is 12.9. The number of carbonyl (C=O) groups excluding carboxylic acids is 2. The summed E-state index contributed by atoms with van der Waals surface area (Å²) < 4.78 is 15.1. The highest BCUT2D eigenvalue weighted by Gasteiger charge is 2.33. The van der Waals surface area contributed by atoms with Crippen LogP contribution < -0.4 is 4.90 Å². The number of rotatable bonds is 8. The van der Waals surface area contributed by atoms with Crippen molar-refractivity contribution in [2.24, 2.45) is 0 Å². The highest BCUT2D eigenvalue weighted by atomic mass is 16.5. The molecule has 0 heterocycles. The van der Waals surface area contributed by atoms with Gasteiger partial charge in [-0.1, -0.05) is 36.4 Å². The second-order valence-corrected chi connectivity index (χ2v) is 5.97. The van der Waals surface area contributed by atoms with Crippen LogP contribution in [0.5, 0.6) is 0 Å². The molecule has 0 spiro atoms. The summed E-state index contributed by atoms with van der Waals surface area (Å²) in [7, 11) is 4.32. The zero-order chi connectivity index (χ0) is 19.1. The molecule has 2 rings (SSSR count). The van der Waals surface area contributed by atoms with Gasteiger partial charge in [-0.25, -0.2) is 4.79 Å². The first-order chi connectivity index (χ1) is 12.5. The van der Waals surface area contributed by atoms with Crippen LogP contribution in [0.4, 0.5) is 5.69 Å². The number of anilines is 1. The Hall–Kier alpha value is -2.44. The summed E-state index contributed by atoms with van der Waals surface area (Å²) in [5.74, 6) is -0.794. The van der Waals surface area contributed by atoms with Crippen LogP contribution in [0.2, 0.25) is 0 Å². The van der Waals surface area contributed by atoms with Crippen molar-refractivity contribution in [2.45, 2.75) is 19.4 Å². The molecule has 0 saturated heterocycles. The molecule has 0 fully saturated rings. The van der Waals surface area contributed by atoms with Gasteiger partial charge >= 0.3 is 5.97 Å². The van der Waals surface area contributed by atoms with Crippen molar-refractivity contribution in [1.29, 1.82) is 0 Å². The summed E-state index contributed by atoms with van der Waals surface area (Å²) in [5, 5.41) is 1.88. The van der Waals surface area contributed by atoms with Crippen molar-refractivity contribution in [3.63, 3.8) is 0 Å². The second kappa shape index (κ2) is 9.31. The standard InChI is InChI=1S/C20H25NO5/c1-14-9-10-15-7-5-6-8-16(15)19(14)21(18(22)13-25-3)17(11-12-24-2)20(23)26-4/h5-10,17H,11-13H2,1-4H3. The van der Waals surface area contributed by atoms with Crippen molar-refractivity contribution in [3.8, 4) is 0 Å². The van der Waals surface area contributed by atoms with Crippen molar-refractivity contribution >= 4 is 28.3 Å². The van der Waals surface area contributed by atoms with Gasteiger partial charge in [0.2, 0.25) is 0 Å². The molecule has 6 heteroatoms. The Labute approximate surface area is 153 Å². The van der Waals surface area contributed by atoms with E-state index in [1.54, 1.807) is 7.11 Å². The molecule has 2 aromatic rings. The Morgan fingerprint density at radius 2 is 1.77 bits per heavy atom. The van der Waals surface area contributed by atoms with E-state index >= 15 is 0 Å². The van der Waals surface area contributed by atoms with Gasteiger partial charge in [0.25, 0.3) is 5.91 Å². The third-order valence-electron chi connectivity index (χ3n) is 4.26. The number of nitrogens with zero attached hydrogens (tertiary/aromatic N) is 1. The minimum absolute atomic E-state index is 0.136. The number of esters is 1. The number of hydrogen-bond acceptors (Lipinski definition) is 5. The van der Waals surface area contributed by atoms with E-state index in [-0.39, 0.29) is 12.5 Å². The molecular formula is C20H25NO5. The molecular weight excluding hydrogens is 334 g/mol. The first kappa shape index (κ1) is 19.9. The van der Waals surface area contributed by atoms with E-state index in [0.717, 1.165) is 16.3 Å². The van der Waals surface area contributed by atoms with Gasteiger partial charge < -0.3 is 14.2 Å². The highest BCUT2D eigenvalue weighted by Crippen LogP contribution is 2.33. The SMILES string of the molecule is COCCC(C(=O)OC)N(C(=O)COC)c1c(C)ccc2ccccc12. The number of benzene rings is 2. The first-order valence-corrected chi connectivity index (χ1v) is 8.41. The molecule has 1 amide bonds. The Morgan fingerprint density at radius 1 is 1.04 bits per heavy atom. The monoisotopic (exact) mass is 359 g/mol. The zero-order valence-corrected chi connectivity index (χ0v) is 15.7. The zero-order valence-electron chi connectivity index (χ0n) is 15.7. The predicted molar refractivity (Wildman–Crippen MR) is 100 cm³/mol. The average molecular weight is 359 g/mol. The maximum absolute atomic E-state index is 12.9. The van der Waals surface area contributed by atoms with E-state index < -0.39 is 12.0 Å². The molecule has 6 nitrogen and oxygen atoms in total. The van der Waals surface area contributed by atoms with Crippen molar-refractivity contribution < 1.29 is 23.8 Å². The number of aryl methyl sites for hydroxylation is 1. The number of carbonyl (C=O) groups is 2. The summed E-state index contributed by atoms with van der Waals surface area (Å²) in [6.45, 7) is 2.10. The Kier molecular flexibility index (Phi) is 7.12. The van der Waals surface area contributed by atoms with E-state index in [1.807, 2.05) is 43.3 Å². The Balaban J connectivity index is 2.66. The van der Waals surface area contributed by atoms with Gasteiger partial charge in [0, 0.05) is 32.6 Å². The van der Waals surface area contributed by atoms with Gasteiger partial charge in [-0.3, -0.25) is 9.69 Å². The minimum Gasteiger partial charge on any atom is -0.467 e. The lowest BCUT2D eigenvalue weighted by atomic mass is 10.0. The van der Waals surface area contributed by atoms with Gasteiger partial charge in [0.05, 0.1) is 12.8 Å². The quantitative estimate of drug-likeness (QED) is 0.678. The summed E-state index contributed by atoms with van der Waals surface area (Å²) in [5.41, 5.74) is 1.58. The van der Waals surface area contributed by atoms with Crippen LogP contribution in [-0.4, -0.2) is 52.5 Å². The third kappa shape index (κ3) is 4.20.